The number of carbonyl (C=O) groups is 1. The molecule has 0 radical (unpaired) electrons. The summed E-state index contributed by atoms with van der Waals surface area (Å²) >= 11 is 0. The zero-order valence-electron chi connectivity index (χ0n) is 14.1. The monoisotopic (exact) mass is 319 g/mol. The molecule has 122 valence electrons. The first kappa shape index (κ1) is 14.9. The van der Waals surface area contributed by atoms with Crippen LogP contribution in [0.25, 0.3) is 5.65 Å². The maximum absolute atomic E-state index is 12.8. The third kappa shape index (κ3) is 2.48. The second-order valence-electron chi connectivity index (χ2n) is 6.57. The number of anilines is 1. The number of aromatic nitrogens is 2. The van der Waals surface area contributed by atoms with Crippen LogP contribution in [0.15, 0.2) is 36.5 Å². The average molecular weight is 319 g/mol. The van der Waals surface area contributed by atoms with Crippen LogP contribution >= 0.6 is 0 Å². The van der Waals surface area contributed by atoms with Gasteiger partial charge in [0, 0.05) is 23.3 Å². The minimum absolute atomic E-state index is 0.0889. The first-order valence-electron chi connectivity index (χ1n) is 8.51. The van der Waals surface area contributed by atoms with E-state index in [9.17, 15) is 4.79 Å². The number of carbonyl (C=O) groups excluding carboxylic acids is 1. The van der Waals surface area contributed by atoms with E-state index in [0.717, 1.165) is 35.6 Å². The Hall–Kier alpha value is -2.62. The van der Waals surface area contributed by atoms with E-state index in [4.69, 9.17) is 0 Å². The van der Waals surface area contributed by atoms with Gasteiger partial charge in [0.05, 0.1) is 5.56 Å². The lowest BCUT2D eigenvalue weighted by Gasteiger charge is -2.19. The summed E-state index contributed by atoms with van der Waals surface area (Å²) in [5.41, 5.74) is 6.94. The maximum atomic E-state index is 12.8. The Morgan fingerprint density at radius 3 is 2.88 bits per heavy atom. The summed E-state index contributed by atoms with van der Waals surface area (Å²) < 4.78 is 1.96. The minimum Gasteiger partial charge on any atom is -0.322 e. The van der Waals surface area contributed by atoms with Gasteiger partial charge in [-0.05, 0) is 68.9 Å². The highest BCUT2D eigenvalue weighted by molar-refractivity contribution is 6.08. The highest BCUT2D eigenvalue weighted by atomic mass is 16.1. The van der Waals surface area contributed by atoms with Crippen LogP contribution in [0.5, 0.6) is 0 Å². The Morgan fingerprint density at radius 2 is 2.00 bits per heavy atom. The van der Waals surface area contributed by atoms with Crippen LogP contribution in [0.4, 0.5) is 5.69 Å². The molecule has 4 nitrogen and oxygen atoms in total. The lowest BCUT2D eigenvalue weighted by atomic mass is 9.90. The molecule has 0 saturated carbocycles. The molecule has 0 saturated heterocycles. The van der Waals surface area contributed by atoms with Crippen molar-refractivity contribution in [1.82, 2.24) is 9.38 Å². The van der Waals surface area contributed by atoms with Crippen molar-refractivity contribution < 1.29 is 4.79 Å². The van der Waals surface area contributed by atoms with E-state index < -0.39 is 0 Å². The lowest BCUT2D eigenvalue weighted by Crippen LogP contribution is -2.15. The molecule has 0 fully saturated rings. The second kappa shape index (κ2) is 5.78. The fourth-order valence-corrected chi connectivity index (χ4v) is 3.66. The molecule has 0 unspecified atom stereocenters. The molecule has 1 aliphatic carbocycles. The molecule has 0 atom stereocenters. The van der Waals surface area contributed by atoms with Crippen molar-refractivity contribution in [1.29, 1.82) is 0 Å². The molecule has 0 bridgehead atoms. The molecule has 0 spiro atoms. The van der Waals surface area contributed by atoms with Gasteiger partial charge in [0.15, 0.2) is 0 Å². The van der Waals surface area contributed by atoms with E-state index in [2.05, 4.69) is 16.4 Å². The number of hydrogen-bond donors (Lipinski definition) is 1. The van der Waals surface area contributed by atoms with Crippen LogP contribution in [0.3, 0.4) is 0 Å². The van der Waals surface area contributed by atoms with E-state index in [1.54, 1.807) is 0 Å². The minimum atomic E-state index is -0.0889. The Balaban J connectivity index is 1.71. The predicted molar refractivity (Wildman–Crippen MR) is 95.7 cm³/mol. The molecule has 4 rings (SSSR count). The molecule has 2 aromatic heterocycles. The fourth-order valence-electron chi connectivity index (χ4n) is 3.66. The van der Waals surface area contributed by atoms with Gasteiger partial charge in [-0.15, -0.1) is 0 Å². The van der Waals surface area contributed by atoms with E-state index in [1.807, 2.05) is 48.7 Å². The number of amides is 1. The molecular formula is C20H21N3O. The molecule has 4 heteroatoms. The van der Waals surface area contributed by atoms with Crippen molar-refractivity contribution in [3.8, 4) is 0 Å². The number of aryl methyl sites for hydroxylation is 3. The van der Waals surface area contributed by atoms with Crippen LogP contribution in [-0.2, 0) is 12.8 Å². The first-order valence-corrected chi connectivity index (χ1v) is 8.51. The van der Waals surface area contributed by atoms with Gasteiger partial charge in [-0.1, -0.05) is 12.1 Å². The number of nitrogens with zero attached hydrogens (tertiary/aromatic N) is 2. The molecule has 0 aliphatic heterocycles. The van der Waals surface area contributed by atoms with Crippen LogP contribution < -0.4 is 5.32 Å². The molecular weight excluding hydrogens is 298 g/mol. The maximum Gasteiger partial charge on any atom is 0.259 e. The smallest absolute Gasteiger partial charge is 0.259 e. The molecule has 1 aromatic carbocycles. The van der Waals surface area contributed by atoms with E-state index in [-0.39, 0.29) is 5.91 Å². The number of hydrogen-bond acceptors (Lipinski definition) is 2. The van der Waals surface area contributed by atoms with Crippen LogP contribution in [-0.4, -0.2) is 15.3 Å². The summed E-state index contributed by atoms with van der Waals surface area (Å²) in [4.78, 5) is 17.4. The second-order valence-corrected chi connectivity index (χ2v) is 6.57. The molecule has 1 aliphatic rings. The highest BCUT2D eigenvalue weighted by Gasteiger charge is 2.18. The van der Waals surface area contributed by atoms with Gasteiger partial charge in [0.1, 0.15) is 5.65 Å². The average Bonchev–Trinajstić information content (AvgIpc) is 2.99. The molecule has 24 heavy (non-hydrogen) atoms. The van der Waals surface area contributed by atoms with Gasteiger partial charge in [-0.2, -0.15) is 0 Å². The molecule has 3 aromatic rings. The van der Waals surface area contributed by atoms with Crippen molar-refractivity contribution in [2.24, 2.45) is 0 Å². The van der Waals surface area contributed by atoms with Gasteiger partial charge in [0.25, 0.3) is 5.91 Å². The quantitative estimate of drug-likeness (QED) is 0.773. The lowest BCUT2D eigenvalue weighted by molar-refractivity contribution is 0.102. The van der Waals surface area contributed by atoms with Crippen molar-refractivity contribution >= 4 is 17.2 Å². The van der Waals surface area contributed by atoms with Crippen molar-refractivity contribution in [2.75, 3.05) is 5.32 Å². The van der Waals surface area contributed by atoms with Crippen molar-refractivity contribution in [2.45, 2.75) is 39.5 Å². The molecule has 2 heterocycles. The zero-order valence-corrected chi connectivity index (χ0v) is 14.1. The number of rotatable bonds is 2. The van der Waals surface area contributed by atoms with Gasteiger partial charge in [-0.25, -0.2) is 4.98 Å². The Kier molecular flexibility index (Phi) is 3.60. The highest BCUT2D eigenvalue weighted by Crippen LogP contribution is 2.28. The SMILES string of the molecule is Cc1cc(C)n2ccc(C(=O)Nc3cccc4c3CCCC4)c2n1. The normalized spacial score (nSPS) is 13.8. The Labute approximate surface area is 141 Å². The number of nitrogens with one attached hydrogen (secondary N) is 1. The summed E-state index contributed by atoms with van der Waals surface area (Å²) in [7, 11) is 0. The summed E-state index contributed by atoms with van der Waals surface area (Å²) in [6.07, 6.45) is 6.48. The van der Waals surface area contributed by atoms with Gasteiger partial charge >= 0.3 is 0 Å². The van der Waals surface area contributed by atoms with Gasteiger partial charge in [0.2, 0.25) is 0 Å². The van der Waals surface area contributed by atoms with E-state index in [1.165, 1.54) is 24.0 Å². The summed E-state index contributed by atoms with van der Waals surface area (Å²) in [6.45, 7) is 3.98. The fraction of sp³-hybridized carbons (Fsp3) is 0.300. The van der Waals surface area contributed by atoms with Crippen molar-refractivity contribution in [3.63, 3.8) is 0 Å². The molecule has 1 amide bonds. The van der Waals surface area contributed by atoms with E-state index >= 15 is 0 Å². The van der Waals surface area contributed by atoms with Crippen LogP contribution in [0.2, 0.25) is 0 Å². The van der Waals surface area contributed by atoms with Crippen molar-refractivity contribution in [3.05, 3.63) is 64.6 Å². The number of benzene rings is 1. The van der Waals surface area contributed by atoms with Gasteiger partial charge in [-0.3, -0.25) is 4.79 Å². The third-order valence-corrected chi connectivity index (χ3v) is 4.83. The first-order chi connectivity index (χ1) is 11.6. The zero-order chi connectivity index (χ0) is 16.7. The van der Waals surface area contributed by atoms with Crippen LogP contribution in [0, 0.1) is 13.8 Å². The van der Waals surface area contributed by atoms with E-state index in [0.29, 0.717) is 5.56 Å². The van der Waals surface area contributed by atoms with Gasteiger partial charge < -0.3 is 9.72 Å². The largest absolute Gasteiger partial charge is 0.322 e. The third-order valence-electron chi connectivity index (χ3n) is 4.83. The summed E-state index contributed by atoms with van der Waals surface area (Å²) in [5.74, 6) is -0.0889. The standard InChI is InChI=1S/C20H21N3O/c1-13-12-14(2)23-11-10-17(19(23)21-13)20(24)22-18-9-5-7-15-6-3-4-8-16(15)18/h5,7,9-12H,3-4,6,8H2,1-2H3,(H,22,24). The summed E-state index contributed by atoms with van der Waals surface area (Å²) in [6, 6.07) is 10.1. The summed E-state index contributed by atoms with van der Waals surface area (Å²) in [5, 5.41) is 3.11. The molecule has 1 N–H and O–H groups in total. The number of fused-ring (bicyclic) bond motifs is 2. The topological polar surface area (TPSA) is 46.4 Å². The Morgan fingerprint density at radius 1 is 1.17 bits per heavy atom. The predicted octanol–water partition coefficient (Wildman–Crippen LogP) is 4.08. The van der Waals surface area contributed by atoms with Crippen LogP contribution in [0.1, 0.15) is 45.7 Å². The Bertz CT molecular complexity index is 939.